The third kappa shape index (κ3) is 4.68. The molecule has 1 aromatic heterocycles. The number of hydrogen-bond acceptors (Lipinski definition) is 7. The van der Waals surface area contributed by atoms with E-state index in [9.17, 15) is 13.2 Å². The number of rotatable bonds is 8. The average molecular weight is 448 g/mol. The second-order valence-electron chi connectivity index (χ2n) is 6.04. The number of hydroxylamine groups is 1. The van der Waals surface area contributed by atoms with Crippen molar-refractivity contribution in [2.75, 3.05) is 26.1 Å². The molecule has 0 aliphatic carbocycles. The lowest BCUT2D eigenvalue weighted by molar-refractivity contribution is -0.0258. The number of aromatic nitrogens is 1. The zero-order chi connectivity index (χ0) is 21.7. The van der Waals surface area contributed by atoms with E-state index in [0.29, 0.717) is 23.0 Å². The van der Waals surface area contributed by atoms with Gasteiger partial charge >= 0.3 is 0 Å². The van der Waals surface area contributed by atoms with Crippen molar-refractivity contribution >= 4 is 32.4 Å². The van der Waals surface area contributed by atoms with Crippen LogP contribution in [0.3, 0.4) is 0 Å². The highest BCUT2D eigenvalue weighted by atomic mass is 32.2. The summed E-state index contributed by atoms with van der Waals surface area (Å²) in [5.74, 6) is 0.332. The standard InChI is InChI=1S/C20H21N3O5S2/c1-4-28-18-8-6-5-7-16(18)17-13-29-20(21-17)22-19(24)14-9-11-15(12-10-14)30(25,26)23(2)27-3/h5-13H,4H2,1-3H3,(H,21,22,24). The van der Waals surface area contributed by atoms with E-state index in [-0.39, 0.29) is 4.90 Å². The van der Waals surface area contributed by atoms with Gasteiger partial charge in [-0.2, -0.15) is 0 Å². The van der Waals surface area contributed by atoms with Gasteiger partial charge in [0.2, 0.25) is 0 Å². The zero-order valence-electron chi connectivity index (χ0n) is 16.7. The lowest BCUT2D eigenvalue weighted by atomic mass is 10.1. The summed E-state index contributed by atoms with van der Waals surface area (Å²) in [4.78, 5) is 21.8. The van der Waals surface area contributed by atoms with E-state index in [1.165, 1.54) is 49.8 Å². The minimum atomic E-state index is -3.77. The van der Waals surface area contributed by atoms with Crippen molar-refractivity contribution in [3.05, 3.63) is 59.5 Å². The number of sulfonamides is 1. The summed E-state index contributed by atoms with van der Waals surface area (Å²) >= 11 is 1.29. The Bertz CT molecular complexity index is 1130. The molecular formula is C20H21N3O5S2. The lowest BCUT2D eigenvalue weighted by Gasteiger charge is -2.14. The summed E-state index contributed by atoms with van der Waals surface area (Å²) in [5, 5.41) is 5.00. The van der Waals surface area contributed by atoms with Crippen LogP contribution in [0.2, 0.25) is 0 Å². The summed E-state index contributed by atoms with van der Waals surface area (Å²) in [6.45, 7) is 2.45. The van der Waals surface area contributed by atoms with Crippen LogP contribution in [0.4, 0.5) is 5.13 Å². The van der Waals surface area contributed by atoms with E-state index >= 15 is 0 Å². The molecule has 0 unspecified atom stereocenters. The van der Waals surface area contributed by atoms with Crippen molar-refractivity contribution in [1.82, 2.24) is 9.45 Å². The molecular weight excluding hydrogens is 426 g/mol. The van der Waals surface area contributed by atoms with Crippen LogP contribution >= 0.6 is 11.3 Å². The Morgan fingerprint density at radius 3 is 2.53 bits per heavy atom. The first-order chi connectivity index (χ1) is 14.4. The fourth-order valence-corrected chi connectivity index (χ4v) is 4.29. The summed E-state index contributed by atoms with van der Waals surface area (Å²) in [7, 11) is -1.22. The Hall–Kier alpha value is -2.79. The minimum Gasteiger partial charge on any atom is -0.493 e. The van der Waals surface area contributed by atoms with Crippen molar-refractivity contribution < 1.29 is 22.8 Å². The van der Waals surface area contributed by atoms with Crippen molar-refractivity contribution in [2.24, 2.45) is 0 Å². The van der Waals surface area contributed by atoms with E-state index in [1.54, 1.807) is 0 Å². The van der Waals surface area contributed by atoms with Gasteiger partial charge < -0.3 is 4.74 Å². The highest BCUT2D eigenvalue weighted by Crippen LogP contribution is 2.32. The first-order valence-electron chi connectivity index (χ1n) is 8.99. The van der Waals surface area contributed by atoms with Gasteiger partial charge in [-0.25, -0.2) is 13.4 Å². The molecule has 0 atom stereocenters. The largest absolute Gasteiger partial charge is 0.493 e. The van der Waals surface area contributed by atoms with E-state index in [4.69, 9.17) is 9.57 Å². The zero-order valence-corrected chi connectivity index (χ0v) is 18.3. The van der Waals surface area contributed by atoms with Crippen LogP contribution < -0.4 is 10.1 Å². The molecule has 0 aliphatic heterocycles. The first kappa shape index (κ1) is 21.9. The number of para-hydroxylation sites is 1. The molecule has 0 aliphatic rings. The van der Waals surface area contributed by atoms with Gasteiger partial charge in [0, 0.05) is 23.6 Å². The number of anilines is 1. The van der Waals surface area contributed by atoms with Gasteiger partial charge in [-0.15, -0.1) is 11.3 Å². The molecule has 1 N–H and O–H groups in total. The number of thiazole rings is 1. The number of nitrogens with one attached hydrogen (secondary N) is 1. The molecule has 1 amide bonds. The number of nitrogens with zero attached hydrogens (tertiary/aromatic N) is 2. The highest BCUT2D eigenvalue weighted by Gasteiger charge is 2.21. The molecule has 1 heterocycles. The van der Waals surface area contributed by atoms with Crippen molar-refractivity contribution in [1.29, 1.82) is 0 Å². The number of carbonyl (C=O) groups is 1. The summed E-state index contributed by atoms with van der Waals surface area (Å²) in [6, 6.07) is 13.1. The molecule has 0 spiro atoms. The Morgan fingerprint density at radius 2 is 1.87 bits per heavy atom. The SMILES string of the molecule is CCOc1ccccc1-c1csc(NC(=O)c2ccc(S(=O)(=O)N(C)OC)cc2)n1. The van der Waals surface area contributed by atoms with Crippen LogP contribution in [-0.4, -0.2) is 44.5 Å². The number of benzene rings is 2. The van der Waals surface area contributed by atoms with Crippen LogP contribution in [-0.2, 0) is 14.9 Å². The van der Waals surface area contributed by atoms with Gasteiger partial charge in [0.05, 0.1) is 24.3 Å². The van der Waals surface area contributed by atoms with Crippen LogP contribution in [0.1, 0.15) is 17.3 Å². The molecule has 158 valence electrons. The molecule has 3 rings (SSSR count). The molecule has 0 saturated heterocycles. The van der Waals surface area contributed by atoms with E-state index in [0.717, 1.165) is 15.8 Å². The summed E-state index contributed by atoms with van der Waals surface area (Å²) in [6.07, 6.45) is 0. The maximum absolute atomic E-state index is 12.5. The molecule has 3 aromatic rings. The van der Waals surface area contributed by atoms with Crippen LogP contribution in [0.25, 0.3) is 11.3 Å². The number of amides is 1. The van der Waals surface area contributed by atoms with Gasteiger partial charge in [-0.3, -0.25) is 14.9 Å². The predicted octanol–water partition coefficient (Wildman–Crippen LogP) is 3.64. The minimum absolute atomic E-state index is 0.0208. The molecule has 0 fully saturated rings. The maximum atomic E-state index is 12.5. The smallest absolute Gasteiger partial charge is 0.264 e. The highest BCUT2D eigenvalue weighted by molar-refractivity contribution is 7.89. The number of ether oxygens (including phenoxy) is 1. The van der Waals surface area contributed by atoms with Crippen LogP contribution in [0, 0.1) is 0 Å². The van der Waals surface area contributed by atoms with Crippen molar-refractivity contribution in [3.63, 3.8) is 0 Å². The second-order valence-corrected chi connectivity index (χ2v) is 8.84. The van der Waals surface area contributed by atoms with Gasteiger partial charge in [0.1, 0.15) is 5.75 Å². The molecule has 0 bridgehead atoms. The van der Waals surface area contributed by atoms with Gasteiger partial charge in [0.25, 0.3) is 15.9 Å². The molecule has 8 nitrogen and oxygen atoms in total. The molecule has 10 heteroatoms. The van der Waals surface area contributed by atoms with Crippen molar-refractivity contribution in [3.8, 4) is 17.0 Å². The Morgan fingerprint density at radius 1 is 1.17 bits per heavy atom. The number of carbonyl (C=O) groups excluding carboxylic acids is 1. The lowest BCUT2D eigenvalue weighted by Crippen LogP contribution is -2.25. The fourth-order valence-electron chi connectivity index (χ4n) is 2.61. The average Bonchev–Trinajstić information content (AvgIpc) is 3.22. The third-order valence-electron chi connectivity index (χ3n) is 4.20. The number of hydrogen-bond donors (Lipinski definition) is 1. The van der Waals surface area contributed by atoms with E-state index < -0.39 is 15.9 Å². The second kappa shape index (κ2) is 9.35. The molecule has 0 radical (unpaired) electrons. The van der Waals surface area contributed by atoms with Gasteiger partial charge in [-0.1, -0.05) is 16.6 Å². The quantitative estimate of drug-likeness (QED) is 0.530. The maximum Gasteiger partial charge on any atom is 0.264 e. The van der Waals surface area contributed by atoms with Crippen LogP contribution in [0.15, 0.2) is 58.8 Å². The molecule has 0 saturated carbocycles. The summed E-state index contributed by atoms with van der Waals surface area (Å²) < 4.78 is 30.8. The van der Waals surface area contributed by atoms with Gasteiger partial charge in [0.15, 0.2) is 5.13 Å². The fraction of sp³-hybridized carbons (Fsp3) is 0.200. The van der Waals surface area contributed by atoms with E-state index in [1.807, 2.05) is 36.6 Å². The summed E-state index contributed by atoms with van der Waals surface area (Å²) in [5.41, 5.74) is 1.84. The monoisotopic (exact) mass is 447 g/mol. The normalized spacial score (nSPS) is 11.5. The van der Waals surface area contributed by atoms with Crippen molar-refractivity contribution in [2.45, 2.75) is 11.8 Å². The van der Waals surface area contributed by atoms with Crippen LogP contribution in [0.5, 0.6) is 5.75 Å². The predicted molar refractivity (Wildman–Crippen MR) is 115 cm³/mol. The first-order valence-corrected chi connectivity index (χ1v) is 11.3. The Kier molecular flexibility index (Phi) is 6.83. The molecule has 2 aromatic carbocycles. The Labute approximate surface area is 179 Å². The topological polar surface area (TPSA) is 97.8 Å². The molecule has 30 heavy (non-hydrogen) atoms. The van der Waals surface area contributed by atoms with Gasteiger partial charge in [-0.05, 0) is 43.3 Å². The third-order valence-corrected chi connectivity index (χ3v) is 6.65. The van der Waals surface area contributed by atoms with E-state index in [2.05, 4.69) is 10.3 Å². The Balaban J connectivity index is 1.75.